The Bertz CT molecular complexity index is 1500. The van der Waals surface area contributed by atoms with E-state index in [1.165, 1.54) is 49.6 Å². The van der Waals surface area contributed by atoms with E-state index in [9.17, 15) is 18.0 Å². The molecule has 3 aromatic carbocycles. The second kappa shape index (κ2) is 15.3. The zero-order chi connectivity index (χ0) is 29.4. The number of piperidine rings is 1. The summed E-state index contributed by atoms with van der Waals surface area (Å²) in [6.07, 6.45) is 2.00. The number of halogens is 3. The zero-order valence-electron chi connectivity index (χ0n) is 22.6. The van der Waals surface area contributed by atoms with Gasteiger partial charge in [-0.2, -0.15) is 0 Å². The molecule has 42 heavy (non-hydrogen) atoms. The molecule has 3 aromatic rings. The summed E-state index contributed by atoms with van der Waals surface area (Å²) in [6.45, 7) is 2.27. The van der Waals surface area contributed by atoms with E-state index in [1.807, 2.05) is 0 Å². The SMILES string of the molecule is COc1ccc(NS(=O)(=O)c2ccc(C(=O)NCC(=O)NCC3CCNCC3)cc2)c(Oc2ccc(Cl)cc2Cl)c1.Cl. The molecule has 0 spiro atoms. The van der Waals surface area contributed by atoms with Gasteiger partial charge in [0.15, 0.2) is 5.75 Å². The van der Waals surface area contributed by atoms with Gasteiger partial charge < -0.3 is 25.4 Å². The molecular weight excluding hydrogens is 627 g/mol. The van der Waals surface area contributed by atoms with E-state index < -0.39 is 15.9 Å². The third kappa shape index (κ3) is 9.14. The minimum Gasteiger partial charge on any atom is -0.497 e. The Hall–Kier alpha value is -3.22. The fraction of sp³-hybridized carbons (Fsp3) is 0.286. The highest BCUT2D eigenvalue weighted by atomic mass is 35.5. The molecule has 4 rings (SSSR count). The molecule has 1 aliphatic heterocycles. The molecule has 0 bridgehead atoms. The standard InChI is InChI=1S/C28H30Cl2N4O6S.ClH/c1-39-21-5-8-24(26(15-21)40-25-9-4-20(29)14-23(25)30)34-41(37,38)22-6-2-19(3-7-22)28(36)33-17-27(35)32-16-18-10-12-31-13-11-18;/h2-9,14-15,18,31,34H,10-13,16-17H2,1H3,(H,32,35)(H,33,36);1H. The van der Waals surface area contributed by atoms with Crippen LogP contribution in [0.1, 0.15) is 23.2 Å². The number of carbonyl (C=O) groups is 2. The van der Waals surface area contributed by atoms with Crippen LogP contribution in [0.4, 0.5) is 5.69 Å². The Morgan fingerprint density at radius 3 is 2.33 bits per heavy atom. The minimum atomic E-state index is -4.08. The number of anilines is 1. The summed E-state index contributed by atoms with van der Waals surface area (Å²) < 4.78 is 40.0. The van der Waals surface area contributed by atoms with Crippen molar-refractivity contribution >= 4 is 63.1 Å². The summed E-state index contributed by atoms with van der Waals surface area (Å²) in [7, 11) is -2.61. The Morgan fingerprint density at radius 1 is 0.952 bits per heavy atom. The van der Waals surface area contributed by atoms with E-state index in [0.717, 1.165) is 25.9 Å². The zero-order valence-corrected chi connectivity index (χ0v) is 25.8. The Balaban J connectivity index is 0.00000484. The smallest absolute Gasteiger partial charge is 0.262 e. The first-order chi connectivity index (χ1) is 19.6. The number of hydrogen-bond acceptors (Lipinski definition) is 7. The lowest BCUT2D eigenvalue weighted by atomic mass is 9.98. The fourth-order valence-corrected chi connectivity index (χ4v) is 5.65. The van der Waals surface area contributed by atoms with Crippen LogP contribution in [-0.4, -0.2) is 53.5 Å². The Kier molecular flexibility index (Phi) is 12.1. The molecule has 1 fully saturated rings. The van der Waals surface area contributed by atoms with Crippen LogP contribution in [0.3, 0.4) is 0 Å². The van der Waals surface area contributed by atoms with E-state index in [4.69, 9.17) is 32.7 Å². The third-order valence-electron chi connectivity index (χ3n) is 6.43. The predicted octanol–water partition coefficient (Wildman–Crippen LogP) is 4.86. The van der Waals surface area contributed by atoms with Crippen LogP contribution in [0, 0.1) is 5.92 Å². The van der Waals surface area contributed by atoms with Crippen LogP contribution in [0.15, 0.2) is 65.6 Å². The van der Waals surface area contributed by atoms with Gasteiger partial charge in [-0.1, -0.05) is 23.2 Å². The van der Waals surface area contributed by atoms with Crippen molar-refractivity contribution in [3.63, 3.8) is 0 Å². The number of hydrogen-bond donors (Lipinski definition) is 4. The first-order valence-corrected chi connectivity index (χ1v) is 15.1. The van der Waals surface area contributed by atoms with Crippen molar-refractivity contribution in [3.05, 3.63) is 76.3 Å². The highest BCUT2D eigenvalue weighted by Crippen LogP contribution is 2.38. The van der Waals surface area contributed by atoms with Gasteiger partial charge in [0.2, 0.25) is 5.91 Å². The van der Waals surface area contributed by atoms with Gasteiger partial charge in [0.05, 0.1) is 29.3 Å². The third-order valence-corrected chi connectivity index (χ3v) is 8.34. The van der Waals surface area contributed by atoms with Crippen LogP contribution in [-0.2, 0) is 14.8 Å². The number of amides is 2. The maximum absolute atomic E-state index is 13.2. The van der Waals surface area contributed by atoms with Crippen molar-refractivity contribution in [1.82, 2.24) is 16.0 Å². The fourth-order valence-electron chi connectivity index (χ4n) is 4.13. The molecule has 4 N–H and O–H groups in total. The summed E-state index contributed by atoms with van der Waals surface area (Å²) >= 11 is 12.2. The van der Waals surface area contributed by atoms with Crippen LogP contribution in [0.5, 0.6) is 17.2 Å². The highest BCUT2D eigenvalue weighted by molar-refractivity contribution is 7.92. The molecule has 14 heteroatoms. The number of ether oxygens (including phenoxy) is 2. The monoisotopic (exact) mass is 656 g/mol. The van der Waals surface area contributed by atoms with Gasteiger partial charge in [0, 0.05) is 23.2 Å². The van der Waals surface area contributed by atoms with Crippen LogP contribution < -0.4 is 30.1 Å². The quantitative estimate of drug-likeness (QED) is 0.231. The lowest BCUT2D eigenvalue weighted by Gasteiger charge is -2.22. The highest BCUT2D eigenvalue weighted by Gasteiger charge is 2.20. The first kappa shape index (κ1) is 33.3. The molecule has 10 nitrogen and oxygen atoms in total. The molecule has 0 aromatic heterocycles. The molecule has 0 radical (unpaired) electrons. The normalized spacial score (nSPS) is 13.4. The van der Waals surface area contributed by atoms with E-state index >= 15 is 0 Å². The van der Waals surface area contributed by atoms with Gasteiger partial charge in [0.1, 0.15) is 11.5 Å². The molecule has 1 saturated heterocycles. The van der Waals surface area contributed by atoms with Gasteiger partial charge in [-0.3, -0.25) is 14.3 Å². The van der Waals surface area contributed by atoms with Gasteiger partial charge in [0.25, 0.3) is 15.9 Å². The predicted molar refractivity (Wildman–Crippen MR) is 165 cm³/mol. The van der Waals surface area contributed by atoms with E-state index in [0.29, 0.717) is 23.2 Å². The summed E-state index contributed by atoms with van der Waals surface area (Å²) in [5, 5.41) is 9.33. The van der Waals surface area contributed by atoms with Crippen molar-refractivity contribution in [1.29, 1.82) is 0 Å². The summed E-state index contributed by atoms with van der Waals surface area (Å²) in [5.41, 5.74) is 0.343. The molecule has 226 valence electrons. The summed E-state index contributed by atoms with van der Waals surface area (Å²) in [4.78, 5) is 24.6. The number of carbonyl (C=O) groups excluding carboxylic acids is 2. The number of methoxy groups -OCH3 is 1. The molecule has 2 amide bonds. The average Bonchev–Trinajstić information content (AvgIpc) is 2.97. The second-order valence-corrected chi connectivity index (χ2v) is 11.9. The molecule has 0 unspecified atom stereocenters. The van der Waals surface area contributed by atoms with Gasteiger partial charge >= 0.3 is 0 Å². The van der Waals surface area contributed by atoms with Crippen LogP contribution in [0.25, 0.3) is 0 Å². The molecular formula is C28H31Cl3N4O6S. The lowest BCUT2D eigenvalue weighted by molar-refractivity contribution is -0.120. The number of rotatable bonds is 11. The molecule has 1 heterocycles. The molecule has 0 atom stereocenters. The van der Waals surface area contributed by atoms with Crippen LogP contribution >= 0.6 is 35.6 Å². The number of benzene rings is 3. The van der Waals surface area contributed by atoms with Crippen molar-refractivity contribution in [2.75, 3.05) is 38.0 Å². The second-order valence-electron chi connectivity index (χ2n) is 9.35. The minimum absolute atomic E-state index is 0. The lowest BCUT2D eigenvalue weighted by Crippen LogP contribution is -2.40. The van der Waals surface area contributed by atoms with E-state index in [2.05, 4.69) is 20.7 Å². The van der Waals surface area contributed by atoms with Gasteiger partial charge in [-0.15, -0.1) is 12.4 Å². The molecule has 0 saturated carbocycles. The number of sulfonamides is 1. The maximum atomic E-state index is 13.2. The van der Waals surface area contributed by atoms with Crippen molar-refractivity contribution in [2.24, 2.45) is 5.92 Å². The summed E-state index contributed by atoms with van der Waals surface area (Å²) in [6, 6.07) is 14.6. The molecule has 1 aliphatic rings. The maximum Gasteiger partial charge on any atom is 0.262 e. The first-order valence-electron chi connectivity index (χ1n) is 12.8. The largest absolute Gasteiger partial charge is 0.497 e. The average molecular weight is 658 g/mol. The Labute approximate surface area is 260 Å². The molecule has 0 aliphatic carbocycles. The van der Waals surface area contributed by atoms with E-state index in [-0.39, 0.29) is 57.5 Å². The summed E-state index contributed by atoms with van der Waals surface area (Å²) in [5.74, 6) is 0.493. The van der Waals surface area contributed by atoms with Gasteiger partial charge in [-0.05, 0) is 86.4 Å². The van der Waals surface area contributed by atoms with Crippen molar-refractivity contribution < 1.29 is 27.5 Å². The topological polar surface area (TPSA) is 135 Å². The van der Waals surface area contributed by atoms with Crippen molar-refractivity contribution in [2.45, 2.75) is 17.7 Å². The Morgan fingerprint density at radius 2 is 1.67 bits per heavy atom. The number of nitrogens with one attached hydrogen (secondary N) is 4. The van der Waals surface area contributed by atoms with Crippen molar-refractivity contribution in [3.8, 4) is 17.2 Å². The van der Waals surface area contributed by atoms with Gasteiger partial charge in [-0.25, -0.2) is 8.42 Å². The van der Waals surface area contributed by atoms with Crippen LogP contribution in [0.2, 0.25) is 10.0 Å². The van der Waals surface area contributed by atoms with E-state index in [1.54, 1.807) is 18.2 Å².